The Kier molecular flexibility index (Phi) is 8.06. The van der Waals surface area contributed by atoms with Gasteiger partial charge in [0.25, 0.3) is 0 Å². The molecule has 10 aromatic rings. The largest absolute Gasteiger partial charge is 0.228 e. The third-order valence-electron chi connectivity index (χ3n) is 11.9. The zero-order chi connectivity index (χ0) is 38.8. The predicted molar refractivity (Wildman–Crippen MR) is 245 cm³/mol. The van der Waals surface area contributed by atoms with E-state index in [-0.39, 0.29) is 5.41 Å². The first-order chi connectivity index (χ1) is 28.5. The number of benzene rings is 8. The second-order valence-corrected chi connectivity index (χ2v) is 16.9. The molecule has 0 unspecified atom stereocenters. The number of hydrogen-bond acceptors (Lipinski definition) is 3. The lowest BCUT2D eigenvalue weighted by molar-refractivity contribution is 0.660. The number of rotatable bonds is 6. The molecule has 0 N–H and O–H groups in total. The van der Waals surface area contributed by atoms with E-state index >= 15 is 0 Å². The van der Waals surface area contributed by atoms with Crippen LogP contribution < -0.4 is 0 Å². The summed E-state index contributed by atoms with van der Waals surface area (Å²) in [5.74, 6) is 0.709. The molecule has 0 saturated heterocycles. The molecular formula is C55H38N2S. The molecule has 2 heterocycles. The van der Waals surface area contributed by atoms with Crippen LogP contribution in [0.5, 0.6) is 0 Å². The monoisotopic (exact) mass is 758 g/mol. The molecule has 0 bridgehead atoms. The predicted octanol–water partition coefficient (Wildman–Crippen LogP) is 15.2. The molecule has 58 heavy (non-hydrogen) atoms. The van der Waals surface area contributed by atoms with E-state index in [2.05, 4.69) is 202 Å². The number of aromatic nitrogens is 2. The third-order valence-corrected chi connectivity index (χ3v) is 13.0. The van der Waals surface area contributed by atoms with E-state index in [9.17, 15) is 0 Å². The van der Waals surface area contributed by atoms with Gasteiger partial charge in [-0.2, -0.15) is 0 Å². The van der Waals surface area contributed by atoms with E-state index in [0.29, 0.717) is 5.82 Å². The Balaban J connectivity index is 1.09. The topological polar surface area (TPSA) is 25.8 Å². The SMILES string of the molecule is CC1(C)c2cc(-c3cc(-c4cc(-c5ccccc5)cc(-c5ccc6sc7ccccc7c6c5)c4)nc(-c4ccccc4)n3)ccc2-c2c(-c3ccccc3)cccc21. The van der Waals surface area contributed by atoms with E-state index in [0.717, 1.165) is 39.2 Å². The molecule has 11 rings (SSSR count). The van der Waals surface area contributed by atoms with Gasteiger partial charge in [0.2, 0.25) is 0 Å². The standard InChI is InChI=1S/C55H38N2S/c1-55(2)47-23-14-22-43(36-17-8-4-9-18-36)53(47)45-27-25-39(33-48(45)55)49-34-50(57-54(56-49)37-19-10-5-11-20-37)42-30-40(35-15-6-3-7-16-35)29-41(31-42)38-26-28-52-46(32-38)44-21-12-13-24-51(44)58-52/h3-34H,1-2H3. The van der Waals surface area contributed by atoms with Gasteiger partial charge in [-0.05, 0) is 104 Å². The third kappa shape index (κ3) is 5.78. The van der Waals surface area contributed by atoms with Gasteiger partial charge in [0.05, 0.1) is 11.4 Å². The van der Waals surface area contributed by atoms with E-state index < -0.39 is 0 Å². The summed E-state index contributed by atoms with van der Waals surface area (Å²) >= 11 is 1.85. The van der Waals surface area contributed by atoms with Crippen molar-refractivity contribution >= 4 is 31.5 Å². The average Bonchev–Trinajstić information content (AvgIpc) is 3.78. The lowest BCUT2D eigenvalue weighted by atomic mass is 9.81. The van der Waals surface area contributed by atoms with Crippen molar-refractivity contribution in [3.8, 4) is 78.4 Å². The summed E-state index contributed by atoms with van der Waals surface area (Å²) in [6.45, 7) is 4.70. The molecule has 2 aromatic heterocycles. The van der Waals surface area contributed by atoms with Gasteiger partial charge in [-0.25, -0.2) is 9.97 Å². The highest BCUT2D eigenvalue weighted by Crippen LogP contribution is 2.53. The molecule has 0 atom stereocenters. The van der Waals surface area contributed by atoms with Crippen LogP contribution in [-0.2, 0) is 5.41 Å². The summed E-state index contributed by atoms with van der Waals surface area (Å²) in [6, 6.07) is 70.2. The minimum Gasteiger partial charge on any atom is -0.228 e. The lowest BCUT2D eigenvalue weighted by Crippen LogP contribution is -2.15. The molecule has 8 aromatic carbocycles. The second kappa shape index (κ2) is 13.6. The highest BCUT2D eigenvalue weighted by Gasteiger charge is 2.37. The van der Waals surface area contributed by atoms with Crippen molar-refractivity contribution in [1.29, 1.82) is 0 Å². The van der Waals surface area contributed by atoms with Crippen molar-refractivity contribution in [2.24, 2.45) is 0 Å². The quantitative estimate of drug-likeness (QED) is 0.169. The maximum atomic E-state index is 5.32. The van der Waals surface area contributed by atoms with Crippen LogP contribution >= 0.6 is 11.3 Å². The van der Waals surface area contributed by atoms with Crippen LogP contribution in [0.4, 0.5) is 0 Å². The highest BCUT2D eigenvalue weighted by molar-refractivity contribution is 7.25. The minimum absolute atomic E-state index is 0.183. The summed E-state index contributed by atoms with van der Waals surface area (Å²) in [5.41, 5.74) is 17.2. The van der Waals surface area contributed by atoms with Crippen molar-refractivity contribution in [3.05, 3.63) is 205 Å². The van der Waals surface area contributed by atoms with Crippen LogP contribution in [0.15, 0.2) is 194 Å². The van der Waals surface area contributed by atoms with Crippen molar-refractivity contribution in [2.45, 2.75) is 19.3 Å². The molecule has 1 aliphatic carbocycles. The maximum Gasteiger partial charge on any atom is 0.160 e. The molecule has 0 radical (unpaired) electrons. The van der Waals surface area contributed by atoms with Gasteiger partial charge in [0, 0.05) is 42.3 Å². The summed E-state index contributed by atoms with van der Waals surface area (Å²) in [4.78, 5) is 10.6. The maximum absolute atomic E-state index is 5.32. The van der Waals surface area contributed by atoms with E-state index in [1.54, 1.807) is 0 Å². The van der Waals surface area contributed by atoms with Gasteiger partial charge in [-0.15, -0.1) is 11.3 Å². The number of thiophene rings is 1. The molecule has 0 spiro atoms. The van der Waals surface area contributed by atoms with Gasteiger partial charge in [0.15, 0.2) is 5.82 Å². The summed E-state index contributed by atoms with van der Waals surface area (Å²) in [6.07, 6.45) is 0. The van der Waals surface area contributed by atoms with E-state index in [1.165, 1.54) is 64.7 Å². The Morgan fingerprint density at radius 1 is 0.362 bits per heavy atom. The smallest absolute Gasteiger partial charge is 0.160 e. The highest BCUT2D eigenvalue weighted by atomic mass is 32.1. The molecule has 3 heteroatoms. The number of fused-ring (bicyclic) bond motifs is 6. The fourth-order valence-corrected chi connectivity index (χ4v) is 10.00. The molecular weight excluding hydrogens is 721 g/mol. The van der Waals surface area contributed by atoms with Crippen LogP contribution in [0.1, 0.15) is 25.0 Å². The van der Waals surface area contributed by atoms with Crippen LogP contribution in [0.25, 0.3) is 98.6 Å². The second-order valence-electron chi connectivity index (χ2n) is 15.8. The van der Waals surface area contributed by atoms with Crippen LogP contribution in [0, 0.1) is 0 Å². The zero-order valence-electron chi connectivity index (χ0n) is 32.3. The Hall–Kier alpha value is -6.94. The summed E-state index contributed by atoms with van der Waals surface area (Å²) in [5, 5.41) is 2.59. The summed E-state index contributed by atoms with van der Waals surface area (Å²) < 4.78 is 2.61. The Morgan fingerprint density at radius 3 is 1.72 bits per heavy atom. The molecule has 1 aliphatic rings. The molecule has 274 valence electrons. The molecule has 0 amide bonds. The number of hydrogen-bond donors (Lipinski definition) is 0. The van der Waals surface area contributed by atoms with Crippen molar-refractivity contribution < 1.29 is 0 Å². The van der Waals surface area contributed by atoms with Crippen LogP contribution in [0.3, 0.4) is 0 Å². The normalized spacial score (nSPS) is 12.8. The van der Waals surface area contributed by atoms with Crippen LogP contribution in [0.2, 0.25) is 0 Å². The first-order valence-corrected chi connectivity index (χ1v) is 20.7. The van der Waals surface area contributed by atoms with Crippen molar-refractivity contribution in [2.75, 3.05) is 0 Å². The van der Waals surface area contributed by atoms with Gasteiger partial charge in [-0.3, -0.25) is 0 Å². The van der Waals surface area contributed by atoms with E-state index in [1.807, 2.05) is 17.4 Å². The number of nitrogens with zero attached hydrogens (tertiary/aromatic N) is 2. The van der Waals surface area contributed by atoms with Crippen molar-refractivity contribution in [1.82, 2.24) is 9.97 Å². The minimum atomic E-state index is -0.183. The fourth-order valence-electron chi connectivity index (χ4n) is 8.91. The van der Waals surface area contributed by atoms with Crippen molar-refractivity contribution in [3.63, 3.8) is 0 Å². The molecule has 0 aliphatic heterocycles. The molecule has 2 nitrogen and oxygen atoms in total. The Bertz CT molecular complexity index is 3180. The molecule has 0 saturated carbocycles. The Morgan fingerprint density at radius 2 is 0.966 bits per heavy atom. The molecule has 0 fully saturated rings. The van der Waals surface area contributed by atoms with Gasteiger partial charge < -0.3 is 0 Å². The van der Waals surface area contributed by atoms with Crippen LogP contribution in [-0.4, -0.2) is 9.97 Å². The fraction of sp³-hybridized carbons (Fsp3) is 0.0545. The zero-order valence-corrected chi connectivity index (χ0v) is 33.1. The van der Waals surface area contributed by atoms with Gasteiger partial charge >= 0.3 is 0 Å². The first kappa shape index (κ1) is 34.3. The summed E-state index contributed by atoms with van der Waals surface area (Å²) in [7, 11) is 0. The van der Waals surface area contributed by atoms with Gasteiger partial charge in [0.1, 0.15) is 0 Å². The van der Waals surface area contributed by atoms with E-state index in [4.69, 9.17) is 9.97 Å². The lowest BCUT2D eigenvalue weighted by Gasteiger charge is -2.22. The Labute approximate surface area is 342 Å². The first-order valence-electron chi connectivity index (χ1n) is 19.9. The average molecular weight is 759 g/mol. The van der Waals surface area contributed by atoms with Gasteiger partial charge in [-0.1, -0.05) is 159 Å².